The fourth-order valence-electron chi connectivity index (χ4n) is 7.65. The molecule has 1 aromatic heterocycles. The topological polar surface area (TPSA) is 243 Å². The summed E-state index contributed by atoms with van der Waals surface area (Å²) in [5.41, 5.74) is 2.57. The number of unbranched alkanes of at least 4 members (excludes halogenated alkanes) is 1. The maximum atomic E-state index is 12.8. The molecule has 2 aliphatic rings. The number of alkyl halides is 3. The van der Waals surface area contributed by atoms with Crippen LogP contribution in [0, 0.1) is 0 Å². The average Bonchev–Trinajstić information content (AvgIpc) is 3.65. The molecule has 384 valence electrons. The summed E-state index contributed by atoms with van der Waals surface area (Å²) in [6.45, 7) is 13.4. The van der Waals surface area contributed by atoms with E-state index in [9.17, 15) is 32.7 Å². The highest BCUT2D eigenvalue weighted by molar-refractivity contribution is 6.73. The molecule has 0 unspecified atom stereocenters. The number of aliphatic hydroxyl groups is 1. The number of anilines is 1. The summed E-state index contributed by atoms with van der Waals surface area (Å²) < 4.78 is 69.3. The number of alkyl carbamates (subject to hydrolysis) is 2. The zero-order valence-corrected chi connectivity index (χ0v) is 41.2. The van der Waals surface area contributed by atoms with Crippen LogP contribution in [0.3, 0.4) is 0 Å². The van der Waals surface area contributed by atoms with Gasteiger partial charge < -0.3 is 38.0 Å². The van der Waals surface area contributed by atoms with Crippen molar-refractivity contribution >= 4 is 44.6 Å². The summed E-state index contributed by atoms with van der Waals surface area (Å²) in [6, 6.07) is 29.2. The molecule has 4 aromatic rings. The number of amides is 3. The molecule has 23 heteroatoms. The van der Waals surface area contributed by atoms with Crippen LogP contribution in [0.25, 0.3) is 0 Å². The highest BCUT2D eigenvalue weighted by atomic mass is 28.4. The number of ether oxygens (including phenoxy) is 4. The summed E-state index contributed by atoms with van der Waals surface area (Å²) in [5, 5.41) is 26.0. The van der Waals surface area contributed by atoms with Crippen molar-refractivity contribution in [3.63, 3.8) is 0 Å². The summed E-state index contributed by atoms with van der Waals surface area (Å²) in [5.74, 6) is -2.72. The van der Waals surface area contributed by atoms with Crippen molar-refractivity contribution in [3.05, 3.63) is 126 Å². The lowest BCUT2D eigenvalue weighted by atomic mass is 10.1. The van der Waals surface area contributed by atoms with Gasteiger partial charge in [0.05, 0.1) is 6.61 Å². The van der Waals surface area contributed by atoms with E-state index < -0.39 is 63.5 Å². The van der Waals surface area contributed by atoms with Gasteiger partial charge in [0.1, 0.15) is 44.0 Å². The summed E-state index contributed by atoms with van der Waals surface area (Å²) in [6.07, 6.45) is -8.02. The lowest BCUT2D eigenvalue weighted by Gasteiger charge is -2.53. The number of guanidine groups is 1. The van der Waals surface area contributed by atoms with E-state index in [4.69, 9.17) is 42.7 Å². The number of benzene rings is 3. The van der Waals surface area contributed by atoms with E-state index in [2.05, 4.69) is 67.5 Å². The van der Waals surface area contributed by atoms with E-state index in [1.54, 1.807) is 16.8 Å². The van der Waals surface area contributed by atoms with Gasteiger partial charge in [0, 0.05) is 29.4 Å². The number of aliphatic imine (C=N–C) groups is 1. The molecule has 3 aromatic carbocycles. The third kappa shape index (κ3) is 16.2. The first-order valence-corrected chi connectivity index (χ1v) is 24.4. The Morgan fingerprint density at radius 2 is 1.21 bits per heavy atom. The van der Waals surface area contributed by atoms with Gasteiger partial charge >= 0.3 is 39.0 Å². The molecule has 0 spiro atoms. The SMILES string of the molecule is CC(C)(C)[Si]1(C(C)(C)C)OC[C@H]2O[C@@H](n3ccc(NC(=O)OCc4ccccc4)nc3=NCCCCN=C(NC(=O)OCc3ccccc3)NC(=O)OCc3ccccc3)[C@H](O)[C@@H]2O1.O=C(O)C(F)(F)F. The Morgan fingerprint density at radius 1 is 0.746 bits per heavy atom. The predicted octanol–water partition coefficient (Wildman–Crippen LogP) is 7.87. The van der Waals surface area contributed by atoms with Gasteiger partial charge in [-0.3, -0.25) is 30.5 Å². The lowest BCUT2D eigenvalue weighted by Crippen LogP contribution is -2.65. The Kier molecular flexibility index (Phi) is 19.4. The van der Waals surface area contributed by atoms with Crippen molar-refractivity contribution in [2.75, 3.05) is 25.0 Å². The quantitative estimate of drug-likeness (QED) is 0.0282. The van der Waals surface area contributed by atoms with Crippen LogP contribution in [-0.4, -0.2) is 103 Å². The first-order valence-electron chi connectivity index (χ1n) is 22.6. The van der Waals surface area contributed by atoms with Crippen LogP contribution in [0.1, 0.15) is 77.3 Å². The van der Waals surface area contributed by atoms with Gasteiger partial charge in [-0.2, -0.15) is 18.2 Å². The molecule has 5 N–H and O–H groups in total. The zero-order chi connectivity index (χ0) is 51.8. The predicted molar refractivity (Wildman–Crippen MR) is 254 cm³/mol. The Hall–Kier alpha value is -6.66. The van der Waals surface area contributed by atoms with Gasteiger partial charge in [-0.1, -0.05) is 133 Å². The van der Waals surface area contributed by atoms with Gasteiger partial charge in [-0.25, -0.2) is 19.2 Å². The molecule has 0 radical (unpaired) electrons. The number of carboxylic acids is 1. The number of carbonyl (C=O) groups is 4. The van der Waals surface area contributed by atoms with Crippen molar-refractivity contribution in [1.82, 2.24) is 20.2 Å². The molecule has 0 bridgehead atoms. The number of hydrogen-bond donors (Lipinski definition) is 5. The van der Waals surface area contributed by atoms with Crippen molar-refractivity contribution in [2.45, 2.75) is 115 Å². The number of carboxylic acid groups (broad SMARTS) is 1. The Morgan fingerprint density at radius 3 is 1.68 bits per heavy atom. The van der Waals surface area contributed by atoms with Crippen molar-refractivity contribution in [2.24, 2.45) is 9.98 Å². The van der Waals surface area contributed by atoms with Gasteiger partial charge in [-0.15, -0.1) is 0 Å². The van der Waals surface area contributed by atoms with Crippen molar-refractivity contribution < 1.29 is 70.4 Å². The van der Waals surface area contributed by atoms with Gasteiger partial charge in [0.2, 0.25) is 11.6 Å². The fraction of sp³-hybridized carbons (Fsp3) is 0.438. The molecule has 3 heterocycles. The summed E-state index contributed by atoms with van der Waals surface area (Å²) in [7, 11) is -2.94. The number of aromatic nitrogens is 2. The molecule has 0 saturated carbocycles. The average molecular weight is 1010 g/mol. The van der Waals surface area contributed by atoms with E-state index in [0.717, 1.165) is 16.7 Å². The summed E-state index contributed by atoms with van der Waals surface area (Å²) in [4.78, 5) is 61.0. The highest BCUT2D eigenvalue weighted by Crippen LogP contribution is 2.55. The number of rotatable bonds is 13. The van der Waals surface area contributed by atoms with E-state index in [0.29, 0.717) is 12.8 Å². The number of aliphatic carboxylic acids is 1. The molecule has 2 fully saturated rings. The number of aliphatic hydroxyl groups excluding tert-OH is 1. The molecule has 6 rings (SSSR count). The maximum absolute atomic E-state index is 12.8. The lowest BCUT2D eigenvalue weighted by molar-refractivity contribution is -0.192. The summed E-state index contributed by atoms with van der Waals surface area (Å²) >= 11 is 0. The van der Waals surface area contributed by atoms with Gasteiger partial charge in [0.15, 0.2) is 6.23 Å². The second-order valence-corrected chi connectivity index (χ2v) is 23.0. The van der Waals surface area contributed by atoms with Crippen LogP contribution in [0.4, 0.5) is 33.4 Å². The van der Waals surface area contributed by atoms with Crippen molar-refractivity contribution in [3.8, 4) is 0 Å². The molecule has 71 heavy (non-hydrogen) atoms. The normalized spacial score (nSPS) is 18.6. The molecular formula is C48H60F3N7O12Si. The van der Waals surface area contributed by atoms with Gasteiger partial charge in [0.25, 0.3) is 0 Å². The largest absolute Gasteiger partial charge is 0.490 e. The van der Waals surface area contributed by atoms with Crippen LogP contribution in [0.2, 0.25) is 10.1 Å². The van der Waals surface area contributed by atoms with E-state index >= 15 is 0 Å². The third-order valence-electron chi connectivity index (χ3n) is 10.8. The molecule has 2 aliphatic heterocycles. The van der Waals surface area contributed by atoms with Crippen LogP contribution in [-0.2, 0) is 52.4 Å². The van der Waals surface area contributed by atoms with Crippen LogP contribution in [0.5, 0.6) is 0 Å². The molecule has 3 amide bonds. The Bertz CT molecular complexity index is 2420. The smallest absolute Gasteiger partial charge is 0.475 e. The van der Waals surface area contributed by atoms with E-state index in [1.165, 1.54) is 0 Å². The number of nitrogens with zero attached hydrogens (tertiary/aromatic N) is 4. The molecule has 4 atom stereocenters. The standard InChI is InChI=1S/C46H59N7O10Si.C2HF3O2/c1-45(2,3)64(46(4,5)6)61-31-35-38(63-64)37(54)39(62-35)53-27-24-36(50-42(55)58-28-32-18-10-7-11-19-32)49-41(53)48-26-17-16-25-47-40(51-43(56)59-29-33-20-12-8-13-21-33)52-44(57)60-30-34-22-14-9-15-23-34;3-2(4,5)1(6)7/h7-15,18-24,27,35,37-39,54H,16-17,25-26,28-31H2,1-6H3,(H,48,49,50,55)(H2,47,51,52,56,57);(H,6,7)/t35-,37-,38-,39-;/m1./s1. The minimum atomic E-state index is -5.08. The second-order valence-electron chi connectivity index (χ2n) is 18.3. The Labute approximate surface area is 409 Å². The number of hydrogen-bond acceptors (Lipinski definition) is 14. The molecule has 0 aliphatic carbocycles. The maximum Gasteiger partial charge on any atom is 0.490 e. The first-order chi connectivity index (χ1) is 33.6. The molecular weight excluding hydrogens is 952 g/mol. The van der Waals surface area contributed by atoms with Crippen molar-refractivity contribution in [1.29, 1.82) is 0 Å². The molecule has 2 saturated heterocycles. The van der Waals surface area contributed by atoms with Crippen LogP contribution >= 0.6 is 0 Å². The third-order valence-corrected chi connectivity index (χ3v) is 15.9. The van der Waals surface area contributed by atoms with Crippen LogP contribution in [0.15, 0.2) is 113 Å². The molecule has 19 nitrogen and oxygen atoms in total. The van der Waals surface area contributed by atoms with Crippen LogP contribution < -0.4 is 21.6 Å². The van der Waals surface area contributed by atoms with Gasteiger partial charge in [-0.05, 0) is 35.6 Å². The monoisotopic (exact) mass is 1010 g/mol. The minimum absolute atomic E-state index is 0.0148. The Balaban J connectivity index is 0.00000124. The van der Waals surface area contributed by atoms with E-state index in [-0.39, 0.29) is 67.0 Å². The zero-order valence-electron chi connectivity index (χ0n) is 40.2. The number of halogens is 3. The number of nitrogens with one attached hydrogen (secondary N) is 3. The number of fused-ring (bicyclic) bond motifs is 1. The minimum Gasteiger partial charge on any atom is -0.475 e. The van der Waals surface area contributed by atoms with E-state index in [1.807, 2.05) is 91.0 Å². The highest BCUT2D eigenvalue weighted by Gasteiger charge is 2.65. The number of carbonyl (C=O) groups excluding carboxylic acids is 3. The second kappa shape index (κ2) is 24.9. The first kappa shape index (κ1) is 55.3. The fourth-order valence-corrected chi connectivity index (χ4v) is 12.6.